The Kier molecular flexibility index (Phi) is 3.17. The summed E-state index contributed by atoms with van der Waals surface area (Å²) >= 11 is 0. The smallest absolute Gasteiger partial charge is 0.129 e. The predicted octanol–water partition coefficient (Wildman–Crippen LogP) is 2.60. The van der Waals surface area contributed by atoms with Gasteiger partial charge in [-0.1, -0.05) is 19.1 Å². The molecular weight excluding hydrogens is 164 g/mol. The van der Waals surface area contributed by atoms with E-state index in [9.17, 15) is 0 Å². The maximum absolute atomic E-state index is 4.30. The molecule has 0 aromatic heterocycles. The van der Waals surface area contributed by atoms with Crippen LogP contribution in [0.3, 0.4) is 0 Å². The summed E-state index contributed by atoms with van der Waals surface area (Å²) in [5.74, 6) is 1.33. The zero-order valence-corrected chi connectivity index (χ0v) is 8.60. The Bertz CT molecular complexity index is 250. The lowest BCUT2D eigenvalue weighted by molar-refractivity contribution is 0.333. The quantitative estimate of drug-likeness (QED) is 0.643. The van der Waals surface area contributed by atoms with Gasteiger partial charge in [0.15, 0.2) is 0 Å². The lowest BCUT2D eigenvalue weighted by Gasteiger charge is -2.24. The third-order valence-electron chi connectivity index (χ3n) is 1.73. The van der Waals surface area contributed by atoms with Crippen LogP contribution in [0, 0.1) is 5.92 Å². The highest BCUT2D eigenvalue weighted by atomic mass is 15.6. The van der Waals surface area contributed by atoms with E-state index in [4.69, 9.17) is 0 Å². The molecule has 0 aromatic carbocycles. The summed E-state index contributed by atoms with van der Waals surface area (Å²) in [6, 6.07) is 0.296. The molecule has 0 aromatic rings. The highest BCUT2D eigenvalue weighted by molar-refractivity contribution is 5.84. The fourth-order valence-electron chi connectivity index (χ4n) is 1.11. The number of amidine groups is 1. The molecular formula is C9H16N4. The first-order valence-electron chi connectivity index (χ1n) is 4.55. The first kappa shape index (κ1) is 9.89. The van der Waals surface area contributed by atoms with Crippen molar-refractivity contribution < 1.29 is 0 Å². The lowest BCUT2D eigenvalue weighted by atomic mass is 10.2. The van der Waals surface area contributed by atoms with Gasteiger partial charge < -0.3 is 0 Å². The van der Waals surface area contributed by atoms with E-state index >= 15 is 0 Å². The van der Waals surface area contributed by atoms with Gasteiger partial charge in [-0.3, -0.25) is 0 Å². The van der Waals surface area contributed by atoms with E-state index < -0.39 is 0 Å². The molecule has 0 amide bonds. The molecule has 1 aliphatic heterocycles. The molecule has 0 bridgehead atoms. The monoisotopic (exact) mass is 180 g/mol. The van der Waals surface area contributed by atoms with Crippen LogP contribution in [0.1, 0.15) is 27.7 Å². The summed E-state index contributed by atoms with van der Waals surface area (Å²) in [6.07, 6.45) is 3.28. The summed E-state index contributed by atoms with van der Waals surface area (Å²) in [4.78, 5) is 4.30. The highest BCUT2D eigenvalue weighted by Gasteiger charge is 2.17. The van der Waals surface area contributed by atoms with Gasteiger partial charge in [0.1, 0.15) is 5.84 Å². The molecule has 1 aliphatic rings. The number of aliphatic imine (C=N–C) groups is 1. The minimum absolute atomic E-state index is 0.296. The molecule has 4 heteroatoms. The van der Waals surface area contributed by atoms with Gasteiger partial charge in [-0.2, -0.15) is 0 Å². The number of rotatable bonds is 2. The van der Waals surface area contributed by atoms with Crippen LogP contribution >= 0.6 is 0 Å². The zero-order valence-electron chi connectivity index (χ0n) is 8.60. The first-order chi connectivity index (χ1) is 6.13. The van der Waals surface area contributed by atoms with Gasteiger partial charge in [0.2, 0.25) is 0 Å². The molecule has 0 saturated heterocycles. The van der Waals surface area contributed by atoms with Crippen molar-refractivity contribution in [3.8, 4) is 0 Å². The molecule has 0 atom stereocenters. The lowest BCUT2D eigenvalue weighted by Crippen LogP contribution is -2.34. The normalized spacial score (nSPS) is 16.8. The third kappa shape index (κ3) is 2.37. The van der Waals surface area contributed by atoms with Crippen molar-refractivity contribution in [2.45, 2.75) is 33.7 Å². The Hall–Kier alpha value is -1.19. The molecule has 0 fully saturated rings. The van der Waals surface area contributed by atoms with Crippen molar-refractivity contribution >= 4 is 5.84 Å². The summed E-state index contributed by atoms with van der Waals surface area (Å²) in [6.45, 7) is 8.34. The first-order valence-corrected chi connectivity index (χ1v) is 4.55. The van der Waals surface area contributed by atoms with Gasteiger partial charge in [-0.15, -0.1) is 5.11 Å². The largest absolute Gasteiger partial charge is 0.240 e. The fraction of sp³-hybridized carbons (Fsp3) is 0.667. The van der Waals surface area contributed by atoms with E-state index in [-0.39, 0.29) is 0 Å². The SMILES string of the molecule is CC(C)C1=NC=CN=NN1C(C)C. The second kappa shape index (κ2) is 4.16. The second-order valence-electron chi connectivity index (χ2n) is 3.58. The minimum Gasteiger partial charge on any atom is -0.240 e. The topological polar surface area (TPSA) is 40.3 Å². The Morgan fingerprint density at radius 2 is 1.85 bits per heavy atom. The van der Waals surface area contributed by atoms with Crippen molar-refractivity contribution in [1.29, 1.82) is 0 Å². The third-order valence-corrected chi connectivity index (χ3v) is 1.73. The standard InChI is InChI=1S/C9H16N4/c1-7(2)9-10-5-6-11-12-13(9)8(3)4/h5-8H,1-4H3. The average molecular weight is 180 g/mol. The number of hydrogen-bond acceptors (Lipinski definition) is 4. The van der Waals surface area contributed by atoms with Crippen molar-refractivity contribution in [3.05, 3.63) is 12.4 Å². The maximum Gasteiger partial charge on any atom is 0.129 e. The Morgan fingerprint density at radius 3 is 2.38 bits per heavy atom. The zero-order chi connectivity index (χ0) is 9.84. The molecule has 0 unspecified atom stereocenters. The van der Waals surface area contributed by atoms with Gasteiger partial charge >= 0.3 is 0 Å². The van der Waals surface area contributed by atoms with E-state index in [1.807, 2.05) is 5.01 Å². The molecule has 0 saturated carbocycles. The van der Waals surface area contributed by atoms with Crippen LogP contribution in [0.25, 0.3) is 0 Å². The van der Waals surface area contributed by atoms with Gasteiger partial charge in [-0.25, -0.2) is 10.0 Å². The Balaban J connectivity index is 2.91. The second-order valence-corrected chi connectivity index (χ2v) is 3.58. The molecule has 0 N–H and O–H groups in total. The van der Waals surface area contributed by atoms with Gasteiger partial charge in [0.05, 0.1) is 12.2 Å². The van der Waals surface area contributed by atoms with E-state index in [0.717, 1.165) is 5.84 Å². The van der Waals surface area contributed by atoms with E-state index in [1.165, 1.54) is 0 Å². The van der Waals surface area contributed by atoms with Crippen molar-refractivity contribution in [2.24, 2.45) is 21.2 Å². The van der Waals surface area contributed by atoms with Gasteiger partial charge in [-0.05, 0) is 13.8 Å². The molecule has 1 heterocycles. The molecule has 72 valence electrons. The van der Waals surface area contributed by atoms with Crippen LogP contribution < -0.4 is 0 Å². The van der Waals surface area contributed by atoms with E-state index in [0.29, 0.717) is 12.0 Å². The van der Waals surface area contributed by atoms with E-state index in [1.54, 1.807) is 12.4 Å². The van der Waals surface area contributed by atoms with E-state index in [2.05, 4.69) is 43.0 Å². The molecule has 1 rings (SSSR count). The van der Waals surface area contributed by atoms with Crippen LogP contribution in [0.2, 0.25) is 0 Å². The predicted molar refractivity (Wildman–Crippen MR) is 53.2 cm³/mol. The average Bonchev–Trinajstić information content (AvgIpc) is 2.27. The summed E-state index contributed by atoms with van der Waals surface area (Å²) in [5, 5.41) is 9.78. The molecule has 0 aliphatic carbocycles. The van der Waals surface area contributed by atoms with Crippen LogP contribution in [0.5, 0.6) is 0 Å². The fourth-order valence-corrected chi connectivity index (χ4v) is 1.11. The Labute approximate surface area is 79.0 Å². The van der Waals surface area contributed by atoms with Crippen LogP contribution in [-0.4, -0.2) is 16.9 Å². The number of hydrogen-bond donors (Lipinski definition) is 0. The van der Waals surface area contributed by atoms with Crippen molar-refractivity contribution in [2.75, 3.05) is 0 Å². The van der Waals surface area contributed by atoms with Gasteiger partial charge in [0.25, 0.3) is 0 Å². The molecule has 0 radical (unpaired) electrons. The summed E-state index contributed by atoms with van der Waals surface area (Å²) < 4.78 is 0. The minimum atomic E-state index is 0.296. The van der Waals surface area contributed by atoms with Crippen LogP contribution in [0.4, 0.5) is 0 Å². The van der Waals surface area contributed by atoms with Crippen molar-refractivity contribution in [1.82, 2.24) is 5.01 Å². The van der Waals surface area contributed by atoms with Crippen LogP contribution in [-0.2, 0) is 0 Å². The van der Waals surface area contributed by atoms with Crippen molar-refractivity contribution in [3.63, 3.8) is 0 Å². The van der Waals surface area contributed by atoms with Crippen LogP contribution in [0.15, 0.2) is 27.7 Å². The summed E-state index contributed by atoms with van der Waals surface area (Å²) in [5.41, 5.74) is 0. The Morgan fingerprint density at radius 1 is 1.15 bits per heavy atom. The summed E-state index contributed by atoms with van der Waals surface area (Å²) in [7, 11) is 0. The van der Waals surface area contributed by atoms with Gasteiger partial charge in [0, 0.05) is 12.1 Å². The maximum atomic E-state index is 4.30. The molecule has 0 spiro atoms. The molecule has 4 nitrogen and oxygen atoms in total. The highest BCUT2D eigenvalue weighted by Crippen LogP contribution is 2.12. The molecule has 13 heavy (non-hydrogen) atoms. The number of nitrogens with zero attached hydrogens (tertiary/aromatic N) is 4.